The predicted octanol–water partition coefficient (Wildman–Crippen LogP) is 12.5. The van der Waals surface area contributed by atoms with Crippen LogP contribution in [-0.4, -0.2) is 77.9 Å². The molecule has 70 heavy (non-hydrogen) atoms. The molecule has 11 nitrogen and oxygen atoms in total. The number of nitrogens with zero attached hydrogens (tertiary/aromatic N) is 7. The molecule has 0 aliphatic heterocycles. The zero-order chi connectivity index (χ0) is 52.5. The van der Waals surface area contributed by atoms with Crippen molar-refractivity contribution in [1.82, 2.24) is 34.0 Å². The zero-order valence-electron chi connectivity index (χ0n) is 35.0. The molecule has 0 spiro atoms. The number of hydrogen-bond acceptors (Lipinski definition) is 6. The Morgan fingerprint density at radius 3 is 1.33 bits per heavy atom. The van der Waals surface area contributed by atoms with Gasteiger partial charge >= 0.3 is 42.0 Å². The average Bonchev–Trinajstić information content (AvgIpc) is 3.58. The van der Waals surface area contributed by atoms with Crippen molar-refractivity contribution in [2.24, 2.45) is 14.1 Å². The molecule has 4 heterocycles. The van der Waals surface area contributed by atoms with Gasteiger partial charge in [-0.1, -0.05) is 58.5 Å². The van der Waals surface area contributed by atoms with Gasteiger partial charge in [0.2, 0.25) is 0 Å². The first-order valence-corrected chi connectivity index (χ1v) is 20.6. The van der Waals surface area contributed by atoms with Crippen LogP contribution in [0.2, 0.25) is 20.1 Å². The second-order valence-corrected chi connectivity index (χ2v) is 16.8. The Bertz CT molecular complexity index is 3020. The maximum atomic E-state index is 14.7. The lowest BCUT2D eigenvalue weighted by Gasteiger charge is -2.30. The fraction of sp³-hybridized carbons (Fsp3) is 0.293. The molecule has 1 N–H and O–H groups in total. The lowest BCUT2D eigenvalue weighted by atomic mass is 10.0. The van der Waals surface area contributed by atoms with E-state index < -0.39 is 86.5 Å². The van der Waals surface area contributed by atoms with Crippen molar-refractivity contribution in [3.63, 3.8) is 0 Å². The second-order valence-electron chi connectivity index (χ2n) is 15.2. The molecule has 29 heteroatoms. The molecule has 1 aliphatic carbocycles. The summed E-state index contributed by atoms with van der Waals surface area (Å²) in [6.07, 6.45) is -19.4. The molecule has 6 aromatic rings. The van der Waals surface area contributed by atoms with Crippen molar-refractivity contribution in [2.45, 2.75) is 54.4 Å². The van der Waals surface area contributed by atoms with Crippen LogP contribution >= 0.6 is 46.4 Å². The van der Waals surface area contributed by atoms with Gasteiger partial charge in [0, 0.05) is 37.6 Å². The maximum absolute atomic E-state index is 14.7. The summed E-state index contributed by atoms with van der Waals surface area (Å²) in [7, 11) is 2.73. The molecule has 4 aromatic heterocycles. The number of amides is 1. The number of esters is 1. The lowest BCUT2D eigenvalue weighted by Crippen LogP contribution is -2.51. The van der Waals surface area contributed by atoms with Gasteiger partial charge in [0.25, 0.3) is 5.91 Å². The Labute approximate surface area is 403 Å². The summed E-state index contributed by atoms with van der Waals surface area (Å²) in [4.78, 5) is 24.5. The second kappa shape index (κ2) is 18.3. The molecule has 1 saturated carbocycles. The summed E-state index contributed by atoms with van der Waals surface area (Å²) in [6.45, 7) is 0. The van der Waals surface area contributed by atoms with Crippen LogP contribution in [0.25, 0.3) is 33.9 Å². The molecule has 7 rings (SSSR count). The molecule has 1 aliphatic rings. The number of hydrogen-bond donors (Lipinski definition) is 1. The molecule has 1 amide bonds. The van der Waals surface area contributed by atoms with Crippen LogP contribution in [-0.2, 0) is 30.2 Å². The van der Waals surface area contributed by atoms with E-state index in [4.69, 9.17) is 46.4 Å². The summed E-state index contributed by atoms with van der Waals surface area (Å²) in [6, 6.07) is 11.0. The van der Waals surface area contributed by atoms with Crippen molar-refractivity contribution < 1.29 is 75.8 Å². The van der Waals surface area contributed by atoms with Crippen LogP contribution in [0.1, 0.15) is 44.9 Å². The highest BCUT2D eigenvalue weighted by Gasteiger charge is 2.76. The molecule has 0 atom stereocenters. The third-order valence-corrected chi connectivity index (χ3v) is 12.0. The Morgan fingerprint density at radius 1 is 0.614 bits per heavy atom. The number of carbonyl (C=O) groups excluding carboxylic acids is 2. The number of nitriles is 1. The number of alkyl halides is 14. The molecule has 1 fully saturated rings. The molecule has 0 saturated heterocycles. The van der Waals surface area contributed by atoms with Gasteiger partial charge in [0.15, 0.2) is 11.6 Å². The van der Waals surface area contributed by atoms with Gasteiger partial charge in [-0.3, -0.25) is 4.79 Å². The van der Waals surface area contributed by atoms with Gasteiger partial charge in [0.05, 0.1) is 68.2 Å². The van der Waals surface area contributed by atoms with Crippen LogP contribution < -0.4 is 5.32 Å². The first-order chi connectivity index (χ1) is 32.2. The summed E-state index contributed by atoms with van der Waals surface area (Å²) in [5, 5.41) is 18.5. The SMILES string of the molecule is COC(=O)c1cc(-c2cnn(-c3c(Cl)cc(C(F)(C(F)(F)F)C(F)(F)F)n3C)c2)ccc1Cl.Cn1c(C(F)(C(F)(F)F)C(F)(F)F)cc(Cl)c1-n1cc(-c2ccc(Cl)c(C(=O)NC3(C#N)CC3)c2)cn1. The fourth-order valence-corrected chi connectivity index (χ4v) is 7.93. The van der Waals surface area contributed by atoms with Crippen LogP contribution in [0.3, 0.4) is 0 Å². The van der Waals surface area contributed by atoms with Gasteiger partial charge in [-0.15, -0.1) is 0 Å². The minimum absolute atomic E-state index is 0.0150. The van der Waals surface area contributed by atoms with Crippen LogP contribution in [0.15, 0.2) is 73.3 Å². The number of halogens is 18. The zero-order valence-corrected chi connectivity index (χ0v) is 38.0. The van der Waals surface area contributed by atoms with E-state index in [0.29, 0.717) is 38.7 Å². The van der Waals surface area contributed by atoms with Crippen LogP contribution in [0, 0.1) is 11.3 Å². The fourth-order valence-electron chi connectivity index (χ4n) is 6.90. The summed E-state index contributed by atoms with van der Waals surface area (Å²) < 4.78 is 195. The molecular formula is C41H26Cl4F14N8O3. The third kappa shape index (κ3) is 9.37. The van der Waals surface area contributed by atoms with E-state index in [1.165, 1.54) is 61.2 Å². The highest BCUT2D eigenvalue weighted by atomic mass is 35.5. The Morgan fingerprint density at radius 2 is 0.986 bits per heavy atom. The molecule has 2 aromatic carbocycles. The minimum Gasteiger partial charge on any atom is -0.465 e. The van der Waals surface area contributed by atoms with E-state index in [-0.39, 0.29) is 38.9 Å². The molecule has 0 bridgehead atoms. The van der Waals surface area contributed by atoms with Crippen molar-refractivity contribution in [1.29, 1.82) is 5.26 Å². The number of ether oxygens (including phenoxy) is 1. The largest absolute Gasteiger partial charge is 0.465 e. The smallest absolute Gasteiger partial charge is 0.437 e. The Balaban J connectivity index is 0.000000231. The maximum Gasteiger partial charge on any atom is 0.437 e. The monoisotopic (exact) mass is 1080 g/mol. The molecule has 0 unspecified atom stereocenters. The van der Waals surface area contributed by atoms with E-state index in [0.717, 1.165) is 30.6 Å². The van der Waals surface area contributed by atoms with Crippen molar-refractivity contribution in [3.05, 3.63) is 116 Å². The minimum atomic E-state index is -6.32. The van der Waals surface area contributed by atoms with Crippen molar-refractivity contribution >= 4 is 58.3 Å². The lowest BCUT2D eigenvalue weighted by molar-refractivity contribution is -0.351. The highest BCUT2D eigenvalue weighted by molar-refractivity contribution is 6.34. The summed E-state index contributed by atoms with van der Waals surface area (Å²) >= 11 is 23.9. The highest BCUT2D eigenvalue weighted by Crippen LogP contribution is 2.56. The molecule has 374 valence electrons. The van der Waals surface area contributed by atoms with Gasteiger partial charge in [0.1, 0.15) is 5.54 Å². The van der Waals surface area contributed by atoms with E-state index >= 15 is 0 Å². The van der Waals surface area contributed by atoms with E-state index in [1.54, 1.807) is 0 Å². The van der Waals surface area contributed by atoms with Crippen LogP contribution in [0.5, 0.6) is 0 Å². The number of carbonyl (C=O) groups is 2. The average molecular weight is 1090 g/mol. The topological polar surface area (TPSA) is 125 Å². The summed E-state index contributed by atoms with van der Waals surface area (Å²) in [5.74, 6) is -2.25. The van der Waals surface area contributed by atoms with Crippen molar-refractivity contribution in [2.75, 3.05) is 7.11 Å². The van der Waals surface area contributed by atoms with E-state index in [2.05, 4.69) is 20.3 Å². The van der Waals surface area contributed by atoms with Gasteiger partial charge < -0.3 is 19.2 Å². The standard InChI is InChI=1S/C22H14Cl2F7N5O.C19H12Cl2F7N3O2/c1-35-16(20(25,21(26,27)28)22(29,30)31)7-15(24)18(35)36-9-12(8-33-36)11-2-3-14(23)13(6-11)17(37)34-19(10-32)4-5-19;1-30-14(17(22,18(23,24)25)19(26,27)28)6-13(21)15(30)31-8-10(7-29-31)9-3-4-12(20)11(5-9)16(32)33-2/h2-3,6-9H,4-5H2,1H3,(H,34,37);3-8H,1-2H3. The van der Waals surface area contributed by atoms with E-state index in [1.807, 2.05) is 6.07 Å². The Hall–Kier alpha value is -5.97. The summed E-state index contributed by atoms with van der Waals surface area (Å²) in [5.41, 5.74) is -14.5. The third-order valence-electron chi connectivity index (χ3n) is 10.7. The number of benzene rings is 2. The molecule has 0 radical (unpaired) electrons. The van der Waals surface area contributed by atoms with E-state index in [9.17, 15) is 76.3 Å². The number of nitrogens with one attached hydrogen (secondary N) is 1. The predicted molar refractivity (Wildman–Crippen MR) is 222 cm³/mol. The molecular weight excluding hydrogens is 1060 g/mol. The van der Waals surface area contributed by atoms with Gasteiger partial charge in [-0.2, -0.15) is 68.1 Å². The first-order valence-electron chi connectivity index (χ1n) is 19.1. The normalized spacial score (nSPS) is 14.2. The number of aromatic nitrogens is 6. The van der Waals surface area contributed by atoms with Gasteiger partial charge in [-0.05, 0) is 60.4 Å². The number of methoxy groups -OCH3 is 1. The first kappa shape index (κ1) is 53.4. The Kier molecular flexibility index (Phi) is 14.0. The van der Waals surface area contributed by atoms with Crippen LogP contribution in [0.4, 0.5) is 61.5 Å². The van der Waals surface area contributed by atoms with Crippen molar-refractivity contribution in [3.8, 4) is 40.0 Å². The number of rotatable bonds is 9. The van der Waals surface area contributed by atoms with Gasteiger partial charge in [-0.25, -0.2) is 22.9 Å². The quantitative estimate of drug-likeness (QED) is 0.114.